The van der Waals surface area contributed by atoms with Gasteiger partial charge in [-0.15, -0.1) is 0 Å². The van der Waals surface area contributed by atoms with Crippen LogP contribution < -0.4 is 10.9 Å². The number of nitrogens with zero attached hydrogens (tertiary/aromatic N) is 1. The molecule has 1 heterocycles. The summed E-state index contributed by atoms with van der Waals surface area (Å²) in [5.74, 6) is -1.51. The van der Waals surface area contributed by atoms with Crippen LogP contribution in [0.3, 0.4) is 0 Å². The average molecular weight is 356 g/mol. The van der Waals surface area contributed by atoms with Crippen LogP contribution in [0.15, 0.2) is 53.5 Å². The predicted octanol–water partition coefficient (Wildman–Crippen LogP) is 2.86. The molecule has 1 atom stereocenters. The molecule has 1 unspecified atom stereocenters. The highest BCUT2D eigenvalue weighted by molar-refractivity contribution is 6.11. The minimum Gasteiger partial charge on any atom is -0.351 e. The van der Waals surface area contributed by atoms with Gasteiger partial charge in [-0.1, -0.05) is 25.3 Å². The van der Waals surface area contributed by atoms with Crippen LogP contribution >= 0.6 is 0 Å². The fourth-order valence-electron chi connectivity index (χ4n) is 3.32. The topological polar surface area (TPSA) is 68.2 Å². The highest BCUT2D eigenvalue weighted by atomic mass is 19.1. The van der Waals surface area contributed by atoms with Gasteiger partial charge in [0.1, 0.15) is 5.82 Å². The monoisotopic (exact) mass is 356 g/mol. The number of Topliss-reactive ketones (excluding diaryl/α,β-unsaturated/α-hetero) is 1. The summed E-state index contributed by atoms with van der Waals surface area (Å²) in [6.45, 7) is 0. The van der Waals surface area contributed by atoms with Gasteiger partial charge in [0, 0.05) is 23.9 Å². The first kappa shape index (κ1) is 18.0. The molecule has 1 aliphatic rings. The van der Waals surface area contributed by atoms with Crippen molar-refractivity contribution in [2.24, 2.45) is 0 Å². The van der Waals surface area contributed by atoms with E-state index in [4.69, 9.17) is 0 Å². The van der Waals surface area contributed by atoms with Crippen molar-refractivity contribution in [1.29, 1.82) is 0 Å². The van der Waals surface area contributed by atoms with Crippen molar-refractivity contribution in [3.63, 3.8) is 0 Å². The van der Waals surface area contributed by atoms with E-state index in [0.29, 0.717) is 0 Å². The number of ketones is 1. The molecule has 2 aromatic rings. The molecule has 1 aromatic carbocycles. The van der Waals surface area contributed by atoms with Crippen LogP contribution in [0.5, 0.6) is 0 Å². The van der Waals surface area contributed by atoms with Gasteiger partial charge in [-0.25, -0.2) is 4.39 Å². The van der Waals surface area contributed by atoms with Crippen LogP contribution in [-0.2, 0) is 4.79 Å². The molecule has 1 saturated carbocycles. The molecule has 3 rings (SSSR count). The number of nitrogens with one attached hydrogen (secondary N) is 1. The molecule has 0 aliphatic heterocycles. The zero-order valence-corrected chi connectivity index (χ0v) is 14.4. The predicted molar refractivity (Wildman–Crippen MR) is 95.5 cm³/mol. The number of aromatic nitrogens is 1. The molecule has 136 valence electrons. The van der Waals surface area contributed by atoms with Crippen molar-refractivity contribution in [2.75, 3.05) is 0 Å². The Balaban J connectivity index is 1.92. The average Bonchev–Trinajstić information content (AvgIpc) is 2.65. The SMILES string of the molecule is O=C(NC1CCCCC1)C(C(=O)c1ccc(F)cc1)n1ccccc1=O. The van der Waals surface area contributed by atoms with E-state index < -0.39 is 29.1 Å². The maximum absolute atomic E-state index is 13.2. The molecule has 1 fully saturated rings. The lowest BCUT2D eigenvalue weighted by molar-refractivity contribution is -0.124. The zero-order valence-electron chi connectivity index (χ0n) is 14.4. The summed E-state index contributed by atoms with van der Waals surface area (Å²) in [5.41, 5.74) is -0.252. The first-order valence-electron chi connectivity index (χ1n) is 8.83. The molecule has 0 spiro atoms. The summed E-state index contributed by atoms with van der Waals surface area (Å²) in [6.07, 6.45) is 6.37. The third-order valence-electron chi connectivity index (χ3n) is 4.71. The summed E-state index contributed by atoms with van der Waals surface area (Å²) >= 11 is 0. The second-order valence-electron chi connectivity index (χ2n) is 6.56. The van der Waals surface area contributed by atoms with E-state index in [-0.39, 0.29) is 11.6 Å². The molecule has 6 heteroatoms. The summed E-state index contributed by atoms with van der Waals surface area (Å²) in [4.78, 5) is 38.0. The molecular formula is C20H21FN2O3. The van der Waals surface area contributed by atoms with Gasteiger partial charge in [-0.05, 0) is 43.2 Å². The number of benzene rings is 1. The summed E-state index contributed by atoms with van der Waals surface area (Å²) in [7, 11) is 0. The molecule has 5 nitrogen and oxygen atoms in total. The van der Waals surface area contributed by atoms with Gasteiger partial charge >= 0.3 is 0 Å². The minimum absolute atomic E-state index is 0.0131. The maximum atomic E-state index is 13.2. The van der Waals surface area contributed by atoms with Crippen LogP contribution in [0.4, 0.5) is 4.39 Å². The van der Waals surface area contributed by atoms with Gasteiger partial charge in [0.2, 0.25) is 0 Å². The Labute approximate surface area is 150 Å². The Morgan fingerprint density at radius 3 is 2.38 bits per heavy atom. The van der Waals surface area contributed by atoms with Gasteiger partial charge in [0.05, 0.1) is 0 Å². The number of pyridine rings is 1. The van der Waals surface area contributed by atoms with E-state index in [1.165, 1.54) is 24.4 Å². The zero-order chi connectivity index (χ0) is 18.5. The third kappa shape index (κ3) is 4.07. The van der Waals surface area contributed by atoms with Crippen molar-refractivity contribution >= 4 is 11.7 Å². The molecule has 26 heavy (non-hydrogen) atoms. The van der Waals surface area contributed by atoms with Crippen molar-refractivity contribution < 1.29 is 14.0 Å². The standard InChI is InChI=1S/C20H21FN2O3/c21-15-11-9-14(10-12-15)19(25)18(23-13-5-4-8-17(23)24)20(26)22-16-6-2-1-3-7-16/h4-5,8-13,16,18H,1-3,6-7H2,(H,22,26). The first-order chi connectivity index (χ1) is 12.6. The number of amides is 1. The summed E-state index contributed by atoms with van der Waals surface area (Å²) < 4.78 is 14.3. The van der Waals surface area contributed by atoms with Crippen LogP contribution in [-0.4, -0.2) is 22.3 Å². The summed E-state index contributed by atoms with van der Waals surface area (Å²) in [5, 5.41) is 2.91. The van der Waals surface area contributed by atoms with Crippen molar-refractivity contribution in [3.05, 3.63) is 70.4 Å². The van der Waals surface area contributed by atoms with E-state index in [1.807, 2.05) is 0 Å². The van der Waals surface area contributed by atoms with E-state index in [0.717, 1.165) is 48.8 Å². The smallest absolute Gasteiger partial charge is 0.251 e. The molecular weight excluding hydrogens is 335 g/mol. The Morgan fingerprint density at radius 2 is 1.73 bits per heavy atom. The minimum atomic E-state index is -1.31. The van der Waals surface area contributed by atoms with Gasteiger partial charge in [0.25, 0.3) is 11.5 Å². The maximum Gasteiger partial charge on any atom is 0.251 e. The number of carbonyl (C=O) groups is 2. The fourth-order valence-corrected chi connectivity index (χ4v) is 3.32. The van der Waals surface area contributed by atoms with E-state index in [2.05, 4.69) is 5.32 Å². The van der Waals surface area contributed by atoms with Crippen molar-refractivity contribution in [2.45, 2.75) is 44.2 Å². The number of hydrogen-bond acceptors (Lipinski definition) is 3. The highest BCUT2D eigenvalue weighted by Gasteiger charge is 2.31. The second-order valence-corrected chi connectivity index (χ2v) is 6.56. The number of hydrogen-bond donors (Lipinski definition) is 1. The van der Waals surface area contributed by atoms with Crippen molar-refractivity contribution in [3.8, 4) is 0 Å². The van der Waals surface area contributed by atoms with Crippen LogP contribution in [0, 0.1) is 5.82 Å². The highest BCUT2D eigenvalue weighted by Crippen LogP contribution is 2.20. The second kappa shape index (κ2) is 8.08. The van der Waals surface area contributed by atoms with Gasteiger partial charge in [0.15, 0.2) is 11.8 Å². The molecule has 0 radical (unpaired) electrons. The largest absolute Gasteiger partial charge is 0.351 e. The van der Waals surface area contributed by atoms with E-state index in [9.17, 15) is 18.8 Å². The quantitative estimate of drug-likeness (QED) is 0.662. The van der Waals surface area contributed by atoms with Crippen LogP contribution in [0.2, 0.25) is 0 Å². The van der Waals surface area contributed by atoms with Crippen LogP contribution in [0.1, 0.15) is 48.5 Å². The first-order valence-corrected chi connectivity index (χ1v) is 8.83. The number of rotatable bonds is 5. The van der Waals surface area contributed by atoms with E-state index in [1.54, 1.807) is 12.1 Å². The van der Waals surface area contributed by atoms with Crippen LogP contribution in [0.25, 0.3) is 0 Å². The normalized spacial score (nSPS) is 16.0. The lowest BCUT2D eigenvalue weighted by atomic mass is 9.94. The molecule has 0 bridgehead atoms. The molecule has 0 saturated heterocycles. The third-order valence-corrected chi connectivity index (χ3v) is 4.71. The molecule has 1 N–H and O–H groups in total. The molecule has 1 aliphatic carbocycles. The Kier molecular flexibility index (Phi) is 5.61. The Hall–Kier alpha value is -2.76. The van der Waals surface area contributed by atoms with Gasteiger partial charge in [-0.2, -0.15) is 0 Å². The molecule has 1 aromatic heterocycles. The fraction of sp³-hybridized carbons (Fsp3) is 0.350. The van der Waals surface area contributed by atoms with E-state index >= 15 is 0 Å². The number of halogens is 1. The van der Waals surface area contributed by atoms with Gasteiger partial charge < -0.3 is 5.32 Å². The Bertz CT molecular complexity index is 839. The lowest BCUT2D eigenvalue weighted by Crippen LogP contribution is -2.45. The Morgan fingerprint density at radius 1 is 1.04 bits per heavy atom. The number of carbonyl (C=O) groups excluding carboxylic acids is 2. The van der Waals surface area contributed by atoms with Gasteiger partial charge in [-0.3, -0.25) is 19.0 Å². The lowest BCUT2D eigenvalue weighted by Gasteiger charge is -2.26. The summed E-state index contributed by atoms with van der Waals surface area (Å²) in [6, 6.07) is 8.14. The van der Waals surface area contributed by atoms with Crippen molar-refractivity contribution in [1.82, 2.24) is 9.88 Å². The molecule has 1 amide bonds.